The second kappa shape index (κ2) is 8.82. The number of aromatic nitrogens is 2. The highest BCUT2D eigenvalue weighted by atomic mass is 16.5. The zero-order valence-corrected chi connectivity index (χ0v) is 15.3. The Labute approximate surface area is 153 Å². The molecule has 2 heterocycles. The van der Waals surface area contributed by atoms with Crippen LogP contribution in [0.4, 0.5) is 5.69 Å². The lowest BCUT2D eigenvalue weighted by atomic mass is 10.2. The van der Waals surface area contributed by atoms with Gasteiger partial charge in [-0.05, 0) is 50.7 Å². The molecule has 0 saturated carbocycles. The molecular weight excluding hydrogens is 330 g/mol. The van der Waals surface area contributed by atoms with Gasteiger partial charge >= 0.3 is 0 Å². The molecule has 0 aliphatic carbocycles. The molecule has 2 aromatic rings. The summed E-state index contributed by atoms with van der Waals surface area (Å²) in [4.78, 5) is 19.1. The third kappa shape index (κ3) is 4.23. The number of benzene rings is 1. The van der Waals surface area contributed by atoms with E-state index in [1.54, 1.807) is 17.0 Å². The van der Waals surface area contributed by atoms with Gasteiger partial charge in [-0.15, -0.1) is 0 Å². The van der Waals surface area contributed by atoms with Crippen LogP contribution in [0, 0.1) is 0 Å². The van der Waals surface area contributed by atoms with Crippen molar-refractivity contribution in [1.29, 1.82) is 0 Å². The average Bonchev–Trinajstić information content (AvgIpc) is 3.17. The first-order chi connectivity index (χ1) is 12.7. The summed E-state index contributed by atoms with van der Waals surface area (Å²) in [6.45, 7) is 4.33. The number of ether oxygens (including phenoxy) is 1. The first-order valence-corrected chi connectivity index (χ1v) is 9.17. The Balaban J connectivity index is 1.76. The molecule has 0 radical (unpaired) electrons. The smallest absolute Gasteiger partial charge is 0.276 e. The molecule has 1 aromatic heterocycles. The van der Waals surface area contributed by atoms with Crippen LogP contribution in [0.2, 0.25) is 0 Å². The molecule has 1 aliphatic rings. The summed E-state index contributed by atoms with van der Waals surface area (Å²) in [5.41, 5.74) is 7.52. The number of likely N-dealkylation sites (tertiary alicyclic amines) is 1. The van der Waals surface area contributed by atoms with Crippen LogP contribution >= 0.6 is 0 Å². The minimum Gasteiger partial charge on any atom is -0.490 e. The number of rotatable bonds is 8. The minimum atomic E-state index is -0.136. The van der Waals surface area contributed by atoms with Crippen LogP contribution in [-0.4, -0.2) is 54.3 Å². The van der Waals surface area contributed by atoms with E-state index < -0.39 is 0 Å². The fraction of sp³-hybridized carbons (Fsp3) is 0.474. The molecule has 0 unspecified atom stereocenters. The Hall–Kier alpha value is -2.38. The van der Waals surface area contributed by atoms with Gasteiger partial charge < -0.3 is 15.8 Å². The minimum absolute atomic E-state index is 0.136. The third-order valence-corrected chi connectivity index (χ3v) is 4.67. The molecule has 0 atom stereocenters. The van der Waals surface area contributed by atoms with Crippen molar-refractivity contribution in [2.24, 2.45) is 5.73 Å². The van der Waals surface area contributed by atoms with E-state index in [2.05, 4.69) is 15.2 Å². The van der Waals surface area contributed by atoms with E-state index in [9.17, 15) is 4.79 Å². The molecule has 7 nitrogen and oxygen atoms in total. The van der Waals surface area contributed by atoms with Crippen LogP contribution < -0.4 is 21.3 Å². The van der Waals surface area contributed by atoms with Gasteiger partial charge in [0.15, 0.2) is 0 Å². The normalized spacial score (nSPS) is 14.5. The molecule has 0 amide bonds. The van der Waals surface area contributed by atoms with Gasteiger partial charge in [-0.25, -0.2) is 0 Å². The molecule has 3 N–H and O–H groups in total. The summed E-state index contributed by atoms with van der Waals surface area (Å²) in [5, 5.41) is 3.15. The summed E-state index contributed by atoms with van der Waals surface area (Å²) in [6, 6.07) is 5.71. The molecule has 140 valence electrons. The van der Waals surface area contributed by atoms with E-state index in [4.69, 9.17) is 10.5 Å². The van der Waals surface area contributed by atoms with Gasteiger partial charge in [-0.3, -0.25) is 19.2 Å². The summed E-state index contributed by atoms with van der Waals surface area (Å²) in [5.74, 6) is 0.791. The molecule has 0 spiro atoms. The summed E-state index contributed by atoms with van der Waals surface area (Å²) in [7, 11) is 1.85. The van der Waals surface area contributed by atoms with Crippen LogP contribution in [0.15, 0.2) is 35.4 Å². The number of anilines is 1. The van der Waals surface area contributed by atoms with Crippen LogP contribution in [-0.2, 0) is 6.42 Å². The van der Waals surface area contributed by atoms with Gasteiger partial charge in [-0.2, -0.15) is 0 Å². The standard InChI is InChI=1S/C19H27N5O2/c1-21-17-14-15(24-11-8-22-16(6-7-20)19(24)25)4-5-18(17)26-13-12-23-9-2-3-10-23/h4-5,8,11,14,21H,2-3,6-7,9-10,12-13,20H2,1H3. The Morgan fingerprint density at radius 2 is 2.12 bits per heavy atom. The van der Waals surface area contributed by atoms with Crippen molar-refractivity contribution in [3.63, 3.8) is 0 Å². The second-order valence-corrected chi connectivity index (χ2v) is 6.42. The maximum Gasteiger partial charge on any atom is 0.276 e. The second-order valence-electron chi connectivity index (χ2n) is 6.42. The van der Waals surface area contributed by atoms with Gasteiger partial charge in [0.25, 0.3) is 5.56 Å². The van der Waals surface area contributed by atoms with E-state index >= 15 is 0 Å². The summed E-state index contributed by atoms with van der Waals surface area (Å²) in [6.07, 6.45) is 6.33. The van der Waals surface area contributed by atoms with Gasteiger partial charge in [0, 0.05) is 32.4 Å². The molecule has 1 aliphatic heterocycles. The quantitative estimate of drug-likeness (QED) is 0.740. The summed E-state index contributed by atoms with van der Waals surface area (Å²) >= 11 is 0. The largest absolute Gasteiger partial charge is 0.490 e. The van der Waals surface area contributed by atoms with E-state index in [0.717, 1.165) is 36.8 Å². The van der Waals surface area contributed by atoms with E-state index in [0.29, 0.717) is 25.3 Å². The Morgan fingerprint density at radius 1 is 1.31 bits per heavy atom. The van der Waals surface area contributed by atoms with Crippen molar-refractivity contribution >= 4 is 5.69 Å². The van der Waals surface area contributed by atoms with Crippen LogP contribution in [0.25, 0.3) is 5.69 Å². The van der Waals surface area contributed by atoms with Crippen molar-refractivity contribution in [3.05, 3.63) is 46.6 Å². The number of hydrogen-bond donors (Lipinski definition) is 2. The van der Waals surface area contributed by atoms with Crippen molar-refractivity contribution < 1.29 is 4.74 Å². The van der Waals surface area contributed by atoms with Gasteiger partial charge in [0.2, 0.25) is 0 Å². The zero-order valence-electron chi connectivity index (χ0n) is 15.3. The molecule has 1 saturated heterocycles. The molecule has 26 heavy (non-hydrogen) atoms. The van der Waals surface area contributed by atoms with Crippen molar-refractivity contribution in [2.75, 3.05) is 45.2 Å². The number of nitrogens with zero attached hydrogens (tertiary/aromatic N) is 3. The SMILES string of the molecule is CNc1cc(-n2ccnc(CCN)c2=O)ccc1OCCN1CCCC1. The molecule has 7 heteroatoms. The highest BCUT2D eigenvalue weighted by Gasteiger charge is 2.12. The van der Waals surface area contributed by atoms with E-state index in [1.807, 2.05) is 25.2 Å². The Bertz CT molecular complexity index is 784. The highest BCUT2D eigenvalue weighted by molar-refractivity contribution is 5.61. The number of hydrogen-bond acceptors (Lipinski definition) is 6. The number of nitrogens with one attached hydrogen (secondary N) is 1. The zero-order chi connectivity index (χ0) is 18.4. The first-order valence-electron chi connectivity index (χ1n) is 9.17. The maximum atomic E-state index is 12.6. The Kier molecular flexibility index (Phi) is 6.25. The van der Waals surface area contributed by atoms with Gasteiger partial charge in [-0.1, -0.05) is 0 Å². The topological polar surface area (TPSA) is 85.4 Å². The van der Waals surface area contributed by atoms with Gasteiger partial charge in [0.1, 0.15) is 18.1 Å². The third-order valence-electron chi connectivity index (χ3n) is 4.67. The monoisotopic (exact) mass is 357 g/mol. The predicted octanol–water partition coefficient (Wildman–Crippen LogP) is 1.25. The maximum absolute atomic E-state index is 12.6. The van der Waals surface area contributed by atoms with Crippen LogP contribution in [0.5, 0.6) is 5.75 Å². The Morgan fingerprint density at radius 3 is 2.85 bits per heavy atom. The molecule has 0 bridgehead atoms. The molecule has 1 fully saturated rings. The van der Waals surface area contributed by atoms with E-state index in [-0.39, 0.29) is 5.56 Å². The van der Waals surface area contributed by atoms with Crippen LogP contribution in [0.1, 0.15) is 18.5 Å². The van der Waals surface area contributed by atoms with Crippen molar-refractivity contribution in [3.8, 4) is 11.4 Å². The van der Waals surface area contributed by atoms with Crippen LogP contribution in [0.3, 0.4) is 0 Å². The highest BCUT2D eigenvalue weighted by Crippen LogP contribution is 2.26. The average molecular weight is 357 g/mol. The lowest BCUT2D eigenvalue weighted by Crippen LogP contribution is -2.25. The molecule has 1 aromatic carbocycles. The fourth-order valence-corrected chi connectivity index (χ4v) is 3.24. The van der Waals surface area contributed by atoms with Crippen molar-refractivity contribution in [2.45, 2.75) is 19.3 Å². The number of nitrogens with two attached hydrogens (primary N) is 1. The molecular formula is C19H27N5O2. The predicted molar refractivity (Wildman–Crippen MR) is 103 cm³/mol. The van der Waals surface area contributed by atoms with Crippen molar-refractivity contribution in [1.82, 2.24) is 14.5 Å². The lowest BCUT2D eigenvalue weighted by molar-refractivity contribution is 0.238. The fourth-order valence-electron chi connectivity index (χ4n) is 3.24. The summed E-state index contributed by atoms with van der Waals surface area (Å²) < 4.78 is 7.54. The first kappa shape index (κ1) is 18.4. The van der Waals surface area contributed by atoms with Gasteiger partial charge in [0.05, 0.1) is 11.4 Å². The molecule has 3 rings (SSSR count). The van der Waals surface area contributed by atoms with E-state index in [1.165, 1.54) is 12.8 Å². The lowest BCUT2D eigenvalue weighted by Gasteiger charge is -2.17.